The first-order valence-corrected chi connectivity index (χ1v) is 5.29. The van der Waals surface area contributed by atoms with Crippen LogP contribution in [0.4, 0.5) is 13.2 Å². The summed E-state index contributed by atoms with van der Waals surface area (Å²) in [7, 11) is 0. The van der Waals surface area contributed by atoms with Gasteiger partial charge in [-0.05, 0) is 13.3 Å². The maximum absolute atomic E-state index is 12.2. The lowest BCUT2D eigenvalue weighted by atomic mass is 9.72. The molecule has 0 amide bonds. The molecule has 1 unspecified atom stereocenters. The third kappa shape index (κ3) is 2.63. The number of hydrogen-bond donors (Lipinski definition) is 0. The molecule has 1 aliphatic heterocycles. The molecule has 1 fully saturated rings. The number of epoxide rings is 1. The first-order valence-electron chi connectivity index (χ1n) is 5.29. The topological polar surface area (TPSA) is 77.2 Å². The number of carbonyl (C=O) groups is 1. The first kappa shape index (κ1) is 14.9. The number of carbonyl (C=O) groups excluding carboxylic acids is 1. The van der Waals surface area contributed by atoms with E-state index in [0.717, 1.165) is 0 Å². The minimum absolute atomic E-state index is 0.263. The van der Waals surface area contributed by atoms with E-state index in [4.69, 9.17) is 10.5 Å². The van der Waals surface area contributed by atoms with Crippen molar-refractivity contribution in [2.24, 2.45) is 5.41 Å². The van der Waals surface area contributed by atoms with Crippen LogP contribution in [0.15, 0.2) is 0 Å². The van der Waals surface area contributed by atoms with Gasteiger partial charge in [-0.1, -0.05) is 5.92 Å². The zero-order valence-electron chi connectivity index (χ0n) is 9.97. The summed E-state index contributed by atoms with van der Waals surface area (Å²) in [6.45, 7) is 1.47. The molecule has 1 atom stereocenters. The number of halogens is 3. The maximum Gasteiger partial charge on any atom is 0.389 e. The van der Waals surface area contributed by atoms with Crippen molar-refractivity contribution in [1.82, 2.24) is 0 Å². The molecule has 7 heteroatoms. The fourth-order valence-corrected chi connectivity index (χ4v) is 1.71. The molecule has 0 aromatic heterocycles. The van der Waals surface area contributed by atoms with Crippen LogP contribution in [0, 0.1) is 39.9 Å². The molecule has 4 nitrogen and oxygen atoms in total. The summed E-state index contributed by atoms with van der Waals surface area (Å²) in [4.78, 5) is 11.3. The summed E-state index contributed by atoms with van der Waals surface area (Å²) >= 11 is 0. The molecule has 19 heavy (non-hydrogen) atoms. The molecule has 0 radical (unpaired) electrons. The minimum Gasteiger partial charge on any atom is -0.440 e. The Labute approximate surface area is 107 Å². The van der Waals surface area contributed by atoms with Crippen molar-refractivity contribution in [2.75, 3.05) is 0 Å². The lowest BCUT2D eigenvalue weighted by Gasteiger charge is -2.22. The Morgan fingerprint density at radius 2 is 1.79 bits per heavy atom. The second-order valence-electron chi connectivity index (χ2n) is 4.06. The van der Waals surface area contributed by atoms with Crippen molar-refractivity contribution in [3.8, 4) is 24.0 Å². The van der Waals surface area contributed by atoms with Gasteiger partial charge in [0, 0.05) is 6.42 Å². The Morgan fingerprint density at radius 1 is 1.26 bits per heavy atom. The van der Waals surface area contributed by atoms with Crippen molar-refractivity contribution in [3.05, 3.63) is 0 Å². The smallest absolute Gasteiger partial charge is 0.389 e. The lowest BCUT2D eigenvalue weighted by Crippen LogP contribution is -2.38. The number of rotatable bonds is 4. The third-order valence-electron chi connectivity index (χ3n) is 2.92. The number of cyclic esters (lactones) is 1. The molecule has 1 saturated heterocycles. The van der Waals surface area contributed by atoms with E-state index in [1.807, 2.05) is 0 Å². The van der Waals surface area contributed by atoms with E-state index < -0.39 is 36.0 Å². The van der Waals surface area contributed by atoms with Crippen molar-refractivity contribution in [2.45, 2.75) is 38.0 Å². The Hall–Kier alpha value is -2.20. The summed E-state index contributed by atoms with van der Waals surface area (Å²) in [5.41, 5.74) is -4.01. The largest absolute Gasteiger partial charge is 0.440 e. The van der Waals surface area contributed by atoms with E-state index in [9.17, 15) is 18.0 Å². The SMILES string of the molecule is CC#CCC1(C(C#N)(C#N)CCC(F)(F)F)OC1=O. The van der Waals surface area contributed by atoms with Gasteiger partial charge in [0.25, 0.3) is 5.60 Å². The van der Waals surface area contributed by atoms with E-state index in [1.165, 1.54) is 19.1 Å². The highest BCUT2D eigenvalue weighted by Gasteiger charge is 2.72. The summed E-state index contributed by atoms with van der Waals surface area (Å²) in [5, 5.41) is 18.1. The van der Waals surface area contributed by atoms with Crippen molar-refractivity contribution in [3.63, 3.8) is 0 Å². The number of ether oxygens (including phenoxy) is 1. The van der Waals surface area contributed by atoms with Crippen molar-refractivity contribution < 1.29 is 22.7 Å². The van der Waals surface area contributed by atoms with E-state index in [-0.39, 0.29) is 6.42 Å². The van der Waals surface area contributed by atoms with Gasteiger partial charge in [-0.2, -0.15) is 23.7 Å². The molecule has 0 N–H and O–H groups in total. The zero-order chi connectivity index (χ0) is 14.7. The summed E-state index contributed by atoms with van der Waals surface area (Å²) in [6.07, 6.45) is -6.94. The Bertz CT molecular complexity index is 516. The highest BCUT2D eigenvalue weighted by Crippen LogP contribution is 2.51. The van der Waals surface area contributed by atoms with E-state index in [0.29, 0.717) is 0 Å². The number of hydrogen-bond acceptors (Lipinski definition) is 4. The van der Waals surface area contributed by atoms with Crippen LogP contribution >= 0.6 is 0 Å². The Morgan fingerprint density at radius 3 is 2.11 bits per heavy atom. The maximum atomic E-state index is 12.2. The van der Waals surface area contributed by atoms with Crippen LogP contribution in [0.1, 0.15) is 26.2 Å². The molecule has 1 rings (SSSR count). The van der Waals surface area contributed by atoms with Gasteiger partial charge in [0.1, 0.15) is 0 Å². The molecule has 0 aromatic rings. The van der Waals surface area contributed by atoms with Crippen LogP contribution in [-0.4, -0.2) is 17.7 Å². The molecular weight excluding hydrogens is 261 g/mol. The van der Waals surface area contributed by atoms with Gasteiger partial charge in [-0.25, -0.2) is 4.79 Å². The standard InChI is InChI=1S/C12H9F3N2O2/c1-2-3-4-11(9(18)19-11)10(7-16,8-17)5-6-12(13,14)15/h4-6H2,1H3. The first-order chi connectivity index (χ1) is 8.77. The molecule has 0 saturated carbocycles. The molecule has 0 aromatic carbocycles. The van der Waals surface area contributed by atoms with Gasteiger partial charge in [0.05, 0.1) is 18.6 Å². The zero-order valence-corrected chi connectivity index (χ0v) is 9.97. The van der Waals surface area contributed by atoms with Gasteiger partial charge in [-0.3, -0.25) is 0 Å². The summed E-state index contributed by atoms with van der Waals surface area (Å²) in [6, 6.07) is 3.01. The monoisotopic (exact) mass is 270 g/mol. The fourth-order valence-electron chi connectivity index (χ4n) is 1.71. The van der Waals surface area contributed by atoms with Crippen molar-refractivity contribution >= 4 is 5.97 Å². The quantitative estimate of drug-likeness (QED) is 0.578. The van der Waals surface area contributed by atoms with Gasteiger partial charge >= 0.3 is 12.1 Å². The van der Waals surface area contributed by atoms with Crippen LogP contribution in [0.3, 0.4) is 0 Å². The molecule has 100 valence electrons. The molecule has 0 bridgehead atoms. The van der Waals surface area contributed by atoms with Gasteiger partial charge in [0.15, 0.2) is 5.41 Å². The average Bonchev–Trinajstić information content (AvgIpc) is 3.00. The number of nitriles is 2. The van der Waals surface area contributed by atoms with Crippen LogP contribution in [-0.2, 0) is 9.53 Å². The van der Waals surface area contributed by atoms with Crippen LogP contribution in [0.25, 0.3) is 0 Å². The van der Waals surface area contributed by atoms with Gasteiger partial charge in [0.2, 0.25) is 0 Å². The molecule has 0 spiro atoms. The highest BCUT2D eigenvalue weighted by atomic mass is 19.4. The predicted octanol–water partition coefficient (Wildman–Crippen LogP) is 2.07. The number of alkyl halides is 3. The Balaban J connectivity index is 3.06. The Kier molecular flexibility index (Phi) is 3.77. The van der Waals surface area contributed by atoms with E-state index in [1.54, 1.807) is 0 Å². The summed E-state index contributed by atoms with van der Waals surface area (Å²) in [5.74, 6) is 4.07. The van der Waals surface area contributed by atoms with Crippen molar-refractivity contribution in [1.29, 1.82) is 10.5 Å². The van der Waals surface area contributed by atoms with Gasteiger partial charge in [-0.15, -0.1) is 5.92 Å². The van der Waals surface area contributed by atoms with E-state index in [2.05, 4.69) is 16.6 Å². The number of nitrogens with zero attached hydrogens (tertiary/aromatic N) is 2. The second kappa shape index (κ2) is 4.82. The van der Waals surface area contributed by atoms with Crippen LogP contribution in [0.2, 0.25) is 0 Å². The molecular formula is C12H9F3N2O2. The molecule has 0 aliphatic carbocycles. The average molecular weight is 270 g/mol. The fraction of sp³-hybridized carbons (Fsp3) is 0.583. The van der Waals surface area contributed by atoms with Crippen LogP contribution in [0.5, 0.6) is 0 Å². The van der Waals surface area contributed by atoms with Crippen LogP contribution < -0.4 is 0 Å². The second-order valence-corrected chi connectivity index (χ2v) is 4.06. The third-order valence-corrected chi connectivity index (χ3v) is 2.92. The lowest BCUT2D eigenvalue weighted by molar-refractivity contribution is -0.139. The van der Waals surface area contributed by atoms with Gasteiger partial charge < -0.3 is 4.74 Å². The normalized spacial score (nSPS) is 21.5. The molecule has 1 heterocycles. The predicted molar refractivity (Wildman–Crippen MR) is 55.8 cm³/mol. The minimum atomic E-state index is -4.52. The molecule has 1 aliphatic rings. The van der Waals surface area contributed by atoms with E-state index >= 15 is 0 Å². The highest BCUT2D eigenvalue weighted by molar-refractivity contribution is 5.95. The summed E-state index contributed by atoms with van der Waals surface area (Å²) < 4.78 is 41.4.